The summed E-state index contributed by atoms with van der Waals surface area (Å²) in [5, 5.41) is 8.57. The van der Waals surface area contributed by atoms with Gasteiger partial charge in [-0.25, -0.2) is 8.42 Å². The normalized spacial score (nSPS) is 15.2. The van der Waals surface area contributed by atoms with Crippen LogP contribution < -0.4 is 16.0 Å². The molecule has 33 heavy (non-hydrogen) atoms. The van der Waals surface area contributed by atoms with E-state index < -0.39 is 21.8 Å². The van der Waals surface area contributed by atoms with Gasteiger partial charge in [0.15, 0.2) is 9.84 Å². The van der Waals surface area contributed by atoms with Gasteiger partial charge in [0.2, 0.25) is 5.91 Å². The highest BCUT2D eigenvalue weighted by atomic mass is 32.2. The van der Waals surface area contributed by atoms with E-state index in [9.17, 15) is 18.0 Å². The number of benzene rings is 3. The average Bonchev–Trinajstić information content (AvgIpc) is 2.79. The molecule has 170 valence electrons. The van der Waals surface area contributed by atoms with E-state index in [1.54, 1.807) is 30.3 Å². The van der Waals surface area contributed by atoms with Gasteiger partial charge in [-0.15, -0.1) is 0 Å². The maximum absolute atomic E-state index is 12.7. The summed E-state index contributed by atoms with van der Waals surface area (Å²) >= 11 is 0. The van der Waals surface area contributed by atoms with Gasteiger partial charge in [0, 0.05) is 12.1 Å². The molecule has 0 bridgehead atoms. The number of sulfone groups is 1. The highest BCUT2D eigenvalue weighted by Crippen LogP contribution is 2.28. The van der Waals surface area contributed by atoms with Gasteiger partial charge in [-0.05, 0) is 36.2 Å². The molecule has 1 unspecified atom stereocenters. The molecule has 1 aliphatic rings. The molecule has 0 aromatic heterocycles. The molecule has 1 heterocycles. The van der Waals surface area contributed by atoms with E-state index in [1.165, 1.54) is 0 Å². The molecule has 7 nitrogen and oxygen atoms in total. The summed E-state index contributed by atoms with van der Waals surface area (Å²) in [4.78, 5) is 25.1. The molecule has 0 saturated heterocycles. The van der Waals surface area contributed by atoms with E-state index in [1.807, 2.05) is 49.4 Å². The number of rotatable bonds is 7. The van der Waals surface area contributed by atoms with Gasteiger partial charge in [-0.3, -0.25) is 9.59 Å². The van der Waals surface area contributed by atoms with Crippen LogP contribution in [0.15, 0.2) is 72.8 Å². The Morgan fingerprint density at radius 2 is 1.67 bits per heavy atom. The first-order valence-corrected chi connectivity index (χ1v) is 12.4. The Kier molecular flexibility index (Phi) is 6.46. The van der Waals surface area contributed by atoms with Crippen molar-refractivity contribution in [2.75, 3.05) is 16.4 Å². The van der Waals surface area contributed by atoms with Gasteiger partial charge in [0.05, 0.1) is 22.9 Å². The van der Waals surface area contributed by atoms with Gasteiger partial charge in [0.25, 0.3) is 5.91 Å². The van der Waals surface area contributed by atoms with Crippen molar-refractivity contribution in [3.63, 3.8) is 0 Å². The fraction of sp³-hybridized carbons (Fsp3) is 0.200. The Labute approximate surface area is 193 Å². The third-order valence-corrected chi connectivity index (χ3v) is 7.02. The molecule has 2 amide bonds. The SMILES string of the molecule is Cc1ccc(CS(=O)(=O)CC2Nc3ccc(C(=O)NCc4ccccc4)cc3NC2=O)cc1. The minimum Gasteiger partial charge on any atom is -0.371 e. The van der Waals surface area contributed by atoms with Crippen molar-refractivity contribution in [2.45, 2.75) is 25.3 Å². The van der Waals surface area contributed by atoms with Crippen molar-refractivity contribution >= 4 is 33.0 Å². The predicted molar refractivity (Wildman–Crippen MR) is 129 cm³/mol. The molecule has 1 aliphatic heterocycles. The molecular weight excluding hydrogens is 438 g/mol. The van der Waals surface area contributed by atoms with Gasteiger partial charge in [-0.2, -0.15) is 0 Å². The first-order valence-electron chi connectivity index (χ1n) is 10.6. The summed E-state index contributed by atoms with van der Waals surface area (Å²) in [5.74, 6) is -1.17. The summed E-state index contributed by atoms with van der Waals surface area (Å²) in [7, 11) is -3.53. The number of carbonyl (C=O) groups is 2. The Balaban J connectivity index is 1.40. The zero-order chi connectivity index (χ0) is 23.4. The second kappa shape index (κ2) is 9.46. The van der Waals surface area contributed by atoms with Crippen LogP contribution in [0.4, 0.5) is 11.4 Å². The summed E-state index contributed by atoms with van der Waals surface area (Å²) in [6.07, 6.45) is 0. The number of amides is 2. The first kappa shape index (κ1) is 22.5. The van der Waals surface area contributed by atoms with Crippen LogP contribution in [0.1, 0.15) is 27.0 Å². The number of carbonyl (C=O) groups excluding carboxylic acids is 2. The van der Waals surface area contributed by atoms with Crippen LogP contribution >= 0.6 is 0 Å². The number of hydrogen-bond acceptors (Lipinski definition) is 5. The van der Waals surface area contributed by atoms with Crippen LogP contribution in [-0.2, 0) is 26.9 Å². The number of nitrogens with one attached hydrogen (secondary N) is 3. The van der Waals surface area contributed by atoms with Crippen LogP contribution in [0.25, 0.3) is 0 Å². The minimum absolute atomic E-state index is 0.133. The zero-order valence-electron chi connectivity index (χ0n) is 18.2. The number of hydrogen-bond donors (Lipinski definition) is 3. The van der Waals surface area contributed by atoms with E-state index in [0.717, 1.165) is 11.1 Å². The van der Waals surface area contributed by atoms with E-state index in [4.69, 9.17) is 0 Å². The lowest BCUT2D eigenvalue weighted by Gasteiger charge is -2.27. The van der Waals surface area contributed by atoms with Gasteiger partial charge < -0.3 is 16.0 Å². The van der Waals surface area contributed by atoms with E-state index in [0.29, 0.717) is 29.0 Å². The lowest BCUT2D eigenvalue weighted by Crippen LogP contribution is -2.43. The van der Waals surface area contributed by atoms with Crippen LogP contribution in [0.5, 0.6) is 0 Å². The fourth-order valence-electron chi connectivity index (χ4n) is 3.64. The second-order valence-electron chi connectivity index (χ2n) is 8.15. The Hall–Kier alpha value is -3.65. The molecule has 3 aromatic rings. The molecule has 0 fully saturated rings. The Morgan fingerprint density at radius 3 is 2.39 bits per heavy atom. The Morgan fingerprint density at radius 1 is 0.939 bits per heavy atom. The smallest absolute Gasteiger partial charge is 0.251 e. The van der Waals surface area contributed by atoms with E-state index in [-0.39, 0.29) is 17.4 Å². The summed E-state index contributed by atoms with van der Waals surface area (Å²) < 4.78 is 25.3. The molecule has 3 aromatic carbocycles. The topological polar surface area (TPSA) is 104 Å². The third kappa shape index (κ3) is 5.78. The zero-order valence-corrected chi connectivity index (χ0v) is 19.0. The monoisotopic (exact) mass is 463 g/mol. The van der Waals surface area contributed by atoms with E-state index >= 15 is 0 Å². The summed E-state index contributed by atoms with van der Waals surface area (Å²) in [6, 6.07) is 20.8. The quantitative estimate of drug-likeness (QED) is 0.499. The number of fused-ring (bicyclic) bond motifs is 1. The molecule has 8 heteroatoms. The van der Waals surface area contributed by atoms with Crippen molar-refractivity contribution in [3.05, 3.63) is 95.1 Å². The molecular formula is C25H25N3O4S. The van der Waals surface area contributed by atoms with Crippen LogP contribution in [0.2, 0.25) is 0 Å². The van der Waals surface area contributed by atoms with Crippen LogP contribution in [0.3, 0.4) is 0 Å². The summed E-state index contributed by atoms with van der Waals surface area (Å²) in [5.41, 5.74) is 4.13. The van der Waals surface area contributed by atoms with Crippen LogP contribution in [0, 0.1) is 6.92 Å². The van der Waals surface area contributed by atoms with Crippen molar-refractivity contribution in [2.24, 2.45) is 0 Å². The molecule has 0 saturated carbocycles. The maximum Gasteiger partial charge on any atom is 0.251 e. The van der Waals surface area contributed by atoms with Crippen molar-refractivity contribution in [3.8, 4) is 0 Å². The van der Waals surface area contributed by atoms with E-state index in [2.05, 4.69) is 16.0 Å². The highest BCUT2D eigenvalue weighted by Gasteiger charge is 2.30. The number of anilines is 2. The second-order valence-corrected chi connectivity index (χ2v) is 10.3. The maximum atomic E-state index is 12.7. The van der Waals surface area contributed by atoms with Crippen LogP contribution in [-0.4, -0.2) is 32.0 Å². The largest absolute Gasteiger partial charge is 0.371 e. The van der Waals surface area contributed by atoms with Gasteiger partial charge in [0.1, 0.15) is 6.04 Å². The molecule has 4 rings (SSSR count). The Bertz CT molecular complexity index is 1270. The first-order chi connectivity index (χ1) is 15.8. The minimum atomic E-state index is -3.53. The van der Waals surface area contributed by atoms with Gasteiger partial charge >= 0.3 is 0 Å². The van der Waals surface area contributed by atoms with Crippen molar-refractivity contribution in [1.82, 2.24) is 5.32 Å². The van der Waals surface area contributed by atoms with Crippen molar-refractivity contribution in [1.29, 1.82) is 0 Å². The standard InChI is InChI=1S/C25H25N3O4S/c1-17-7-9-19(10-8-17)15-33(31,32)16-23-25(30)28-22-13-20(11-12-21(22)27-23)24(29)26-14-18-5-3-2-4-6-18/h2-13,23,27H,14-16H2,1H3,(H,26,29)(H,28,30). The van der Waals surface area contributed by atoms with Crippen molar-refractivity contribution < 1.29 is 18.0 Å². The molecule has 3 N–H and O–H groups in total. The third-order valence-electron chi connectivity index (χ3n) is 5.41. The summed E-state index contributed by atoms with van der Waals surface area (Å²) in [6.45, 7) is 2.33. The molecule has 1 atom stereocenters. The predicted octanol–water partition coefficient (Wildman–Crippen LogP) is 3.27. The fourth-order valence-corrected chi connectivity index (χ4v) is 5.20. The molecule has 0 radical (unpaired) electrons. The lowest BCUT2D eigenvalue weighted by molar-refractivity contribution is -0.116. The molecule has 0 aliphatic carbocycles. The van der Waals surface area contributed by atoms with Gasteiger partial charge in [-0.1, -0.05) is 60.2 Å². The number of aryl methyl sites for hydroxylation is 1. The average molecular weight is 464 g/mol. The lowest BCUT2D eigenvalue weighted by atomic mass is 10.1. The molecule has 0 spiro atoms. The highest BCUT2D eigenvalue weighted by molar-refractivity contribution is 7.90.